The van der Waals surface area contributed by atoms with Gasteiger partial charge in [-0.25, -0.2) is 4.39 Å². The number of aromatic nitrogens is 1. The fourth-order valence-electron chi connectivity index (χ4n) is 3.81. The molecule has 5 nitrogen and oxygen atoms in total. The molecular formula is C24H25FN2O3S. The summed E-state index contributed by atoms with van der Waals surface area (Å²) in [7, 11) is 0. The van der Waals surface area contributed by atoms with Crippen LogP contribution in [0.5, 0.6) is 0 Å². The third-order valence-electron chi connectivity index (χ3n) is 5.48. The zero-order valence-corrected chi connectivity index (χ0v) is 18.0. The number of carbonyl (C=O) groups is 1. The van der Waals surface area contributed by atoms with Crippen molar-refractivity contribution in [2.45, 2.75) is 50.7 Å². The highest BCUT2D eigenvalue weighted by Gasteiger charge is 2.30. The highest BCUT2D eigenvalue weighted by atomic mass is 32.1. The van der Waals surface area contributed by atoms with Crippen molar-refractivity contribution >= 4 is 33.5 Å². The number of halogens is 1. The van der Waals surface area contributed by atoms with E-state index in [1.165, 1.54) is 12.1 Å². The van der Waals surface area contributed by atoms with Crippen molar-refractivity contribution in [3.05, 3.63) is 58.4 Å². The Morgan fingerprint density at radius 2 is 2.03 bits per heavy atom. The number of thiophene rings is 1. The lowest BCUT2D eigenvalue weighted by atomic mass is 9.95. The summed E-state index contributed by atoms with van der Waals surface area (Å²) in [6.45, 7) is 2.04. The maximum atomic E-state index is 13.6. The second kappa shape index (κ2) is 8.86. The van der Waals surface area contributed by atoms with E-state index in [0.717, 1.165) is 51.0 Å². The number of aliphatic hydroxyl groups excluding tert-OH is 2. The number of pyridine rings is 1. The van der Waals surface area contributed by atoms with E-state index in [1.54, 1.807) is 29.5 Å². The van der Waals surface area contributed by atoms with Crippen LogP contribution in [-0.4, -0.2) is 33.3 Å². The minimum Gasteiger partial charge on any atom is -0.392 e. The van der Waals surface area contributed by atoms with Gasteiger partial charge in [-0.05, 0) is 48.4 Å². The summed E-state index contributed by atoms with van der Waals surface area (Å²) in [5, 5.41) is 22.4. The highest BCUT2D eigenvalue weighted by molar-refractivity contribution is 7.18. The van der Waals surface area contributed by atoms with Crippen molar-refractivity contribution in [3.63, 3.8) is 0 Å². The molecular weight excluding hydrogens is 415 g/mol. The van der Waals surface area contributed by atoms with E-state index >= 15 is 0 Å². The van der Waals surface area contributed by atoms with Gasteiger partial charge in [0.05, 0.1) is 34.5 Å². The number of benzene rings is 1. The maximum absolute atomic E-state index is 13.6. The van der Waals surface area contributed by atoms with Gasteiger partial charge in [-0.2, -0.15) is 0 Å². The smallest absolute Gasteiger partial charge is 0.220 e. The van der Waals surface area contributed by atoms with Gasteiger partial charge in [0, 0.05) is 23.5 Å². The third kappa shape index (κ3) is 4.84. The van der Waals surface area contributed by atoms with Gasteiger partial charge in [0.1, 0.15) is 5.82 Å². The van der Waals surface area contributed by atoms with E-state index in [2.05, 4.69) is 5.38 Å². The molecule has 2 aromatic heterocycles. The first-order valence-electron chi connectivity index (χ1n) is 10.3. The molecule has 4 N–H and O–H groups in total. The number of carbonyl (C=O) groups excluding carboxylic acids is 1. The first-order valence-corrected chi connectivity index (χ1v) is 11.2. The van der Waals surface area contributed by atoms with Gasteiger partial charge in [-0.1, -0.05) is 24.3 Å². The van der Waals surface area contributed by atoms with Crippen LogP contribution in [0.15, 0.2) is 35.7 Å². The van der Waals surface area contributed by atoms with Crippen LogP contribution in [0.1, 0.15) is 48.4 Å². The lowest BCUT2D eigenvalue weighted by molar-refractivity contribution is -0.120. The first-order chi connectivity index (χ1) is 14.8. The number of primary amides is 1. The molecule has 3 aromatic rings. The van der Waals surface area contributed by atoms with Crippen LogP contribution in [0.3, 0.4) is 0 Å². The van der Waals surface area contributed by atoms with Crippen LogP contribution in [0.4, 0.5) is 4.39 Å². The Kier molecular flexibility index (Phi) is 6.18. The van der Waals surface area contributed by atoms with Gasteiger partial charge in [0.25, 0.3) is 0 Å². The van der Waals surface area contributed by atoms with E-state index < -0.39 is 18.1 Å². The van der Waals surface area contributed by atoms with Gasteiger partial charge in [0.15, 0.2) is 0 Å². The Hall–Kier alpha value is -2.61. The lowest BCUT2D eigenvalue weighted by Crippen LogP contribution is -2.23. The number of aliphatic hydroxyl groups is 2. The third-order valence-corrected chi connectivity index (χ3v) is 6.58. The highest BCUT2D eigenvalue weighted by Crippen LogP contribution is 2.47. The molecule has 7 heteroatoms. The van der Waals surface area contributed by atoms with Crippen LogP contribution in [0.25, 0.3) is 27.4 Å². The second-order valence-electron chi connectivity index (χ2n) is 8.15. The Morgan fingerprint density at radius 1 is 1.32 bits per heavy atom. The van der Waals surface area contributed by atoms with Crippen LogP contribution in [-0.2, 0) is 4.79 Å². The zero-order chi connectivity index (χ0) is 22.1. The number of nitrogens with zero attached hydrogens (tertiary/aromatic N) is 1. The van der Waals surface area contributed by atoms with Gasteiger partial charge < -0.3 is 15.9 Å². The normalized spacial score (nSPS) is 16.1. The van der Waals surface area contributed by atoms with Gasteiger partial charge in [-0.3, -0.25) is 9.78 Å². The molecule has 1 saturated carbocycles. The Bertz CT molecular complexity index is 1140. The summed E-state index contributed by atoms with van der Waals surface area (Å²) in [6, 6.07) is 6.42. The zero-order valence-electron chi connectivity index (χ0n) is 17.2. The van der Waals surface area contributed by atoms with E-state index in [9.17, 15) is 19.4 Å². The number of amides is 1. The average molecular weight is 441 g/mol. The summed E-state index contributed by atoms with van der Waals surface area (Å²) in [5.41, 5.74) is 10.9. The standard InChI is InChI=1S/C24H25FN2O3S/c1-13-12-31-24-21(14-4-6-16(25)7-5-14)19(23(15-2-3-15)27-22(13)24)9-8-17(28)10-18(29)11-20(26)30/h4-9,12,15,17-18,28-29H,2-3,10-11H2,1H3,(H2,26,30)/b9-8+/t17-,18-/m1/s1. The molecule has 1 aromatic carbocycles. The van der Waals surface area contributed by atoms with E-state index in [0.29, 0.717) is 5.92 Å². The minimum absolute atomic E-state index is 0.0118. The fourth-order valence-corrected chi connectivity index (χ4v) is 4.88. The van der Waals surface area contributed by atoms with Gasteiger partial charge in [0.2, 0.25) is 5.91 Å². The minimum atomic E-state index is -1.00. The Balaban J connectivity index is 1.79. The second-order valence-corrected chi connectivity index (χ2v) is 9.03. The Morgan fingerprint density at radius 3 is 2.68 bits per heavy atom. The summed E-state index contributed by atoms with van der Waals surface area (Å²) < 4.78 is 14.6. The molecule has 0 spiro atoms. The quantitative estimate of drug-likeness (QED) is 0.487. The fraction of sp³-hybridized carbons (Fsp3) is 0.333. The topological polar surface area (TPSA) is 96.4 Å². The van der Waals surface area contributed by atoms with Crippen molar-refractivity contribution in [3.8, 4) is 11.1 Å². The van der Waals surface area contributed by atoms with Crippen molar-refractivity contribution in [2.24, 2.45) is 5.73 Å². The van der Waals surface area contributed by atoms with Crippen LogP contribution >= 0.6 is 11.3 Å². The van der Waals surface area contributed by atoms with E-state index in [-0.39, 0.29) is 18.7 Å². The largest absolute Gasteiger partial charge is 0.392 e. The van der Waals surface area contributed by atoms with Crippen molar-refractivity contribution in [2.75, 3.05) is 0 Å². The predicted molar refractivity (Wildman–Crippen MR) is 121 cm³/mol. The summed E-state index contributed by atoms with van der Waals surface area (Å²) >= 11 is 1.60. The molecule has 1 aliphatic carbocycles. The van der Waals surface area contributed by atoms with Crippen LogP contribution in [0, 0.1) is 12.7 Å². The number of rotatable bonds is 8. The summed E-state index contributed by atoms with van der Waals surface area (Å²) in [5.74, 6) is -0.545. The maximum Gasteiger partial charge on any atom is 0.220 e. The van der Waals surface area contributed by atoms with Crippen molar-refractivity contribution in [1.29, 1.82) is 0 Å². The molecule has 0 bridgehead atoms. The molecule has 162 valence electrons. The molecule has 1 aliphatic rings. The molecule has 2 heterocycles. The molecule has 2 atom stereocenters. The molecule has 0 saturated heterocycles. The first kappa shape index (κ1) is 21.6. The number of fused-ring (bicyclic) bond motifs is 1. The Labute approximate surface area is 184 Å². The monoisotopic (exact) mass is 440 g/mol. The number of hydrogen-bond donors (Lipinski definition) is 3. The van der Waals surface area contributed by atoms with Gasteiger partial charge >= 0.3 is 0 Å². The molecule has 0 unspecified atom stereocenters. The lowest BCUT2D eigenvalue weighted by Gasteiger charge is -2.15. The molecule has 0 radical (unpaired) electrons. The van der Waals surface area contributed by atoms with Crippen LogP contribution in [0.2, 0.25) is 0 Å². The molecule has 1 fully saturated rings. The summed E-state index contributed by atoms with van der Waals surface area (Å²) in [6.07, 6.45) is 3.46. The predicted octanol–water partition coefficient (Wildman–Crippen LogP) is 4.29. The van der Waals surface area contributed by atoms with Crippen molar-refractivity contribution < 1.29 is 19.4 Å². The molecule has 31 heavy (non-hydrogen) atoms. The van der Waals surface area contributed by atoms with Crippen molar-refractivity contribution in [1.82, 2.24) is 4.98 Å². The van der Waals surface area contributed by atoms with E-state index in [1.807, 2.05) is 13.0 Å². The SMILES string of the molecule is Cc1csc2c(-c3ccc(F)cc3)c(/C=C/[C@@H](O)C[C@@H](O)CC(N)=O)c(C3CC3)nc12. The van der Waals surface area contributed by atoms with Crippen LogP contribution < -0.4 is 5.73 Å². The summed E-state index contributed by atoms with van der Waals surface area (Å²) in [4.78, 5) is 15.9. The average Bonchev–Trinajstić information content (AvgIpc) is 3.49. The van der Waals surface area contributed by atoms with Gasteiger partial charge in [-0.15, -0.1) is 11.3 Å². The molecule has 1 amide bonds. The molecule has 0 aliphatic heterocycles. The number of aryl methyl sites for hydroxylation is 1. The van der Waals surface area contributed by atoms with E-state index in [4.69, 9.17) is 10.7 Å². The molecule has 4 rings (SSSR count). The number of nitrogens with two attached hydrogens (primary N) is 1. The number of hydrogen-bond acceptors (Lipinski definition) is 5.